The molecule has 0 spiro atoms. The van der Waals surface area contributed by atoms with Gasteiger partial charge in [0.1, 0.15) is 11.6 Å². The lowest BCUT2D eigenvalue weighted by Crippen LogP contribution is -2.29. The Kier molecular flexibility index (Phi) is 4.30. The van der Waals surface area contributed by atoms with Crippen molar-refractivity contribution in [2.24, 2.45) is 0 Å². The van der Waals surface area contributed by atoms with Crippen LogP contribution in [0.1, 0.15) is 29.7 Å². The predicted molar refractivity (Wildman–Crippen MR) is 108 cm³/mol. The molecule has 5 heteroatoms. The van der Waals surface area contributed by atoms with E-state index in [0.29, 0.717) is 11.4 Å². The quantitative estimate of drug-likeness (QED) is 0.755. The number of likely N-dealkylation sites (N-methyl/N-ethyl adjacent to an activating group) is 1. The van der Waals surface area contributed by atoms with Gasteiger partial charge in [0.2, 0.25) is 0 Å². The highest BCUT2D eigenvalue weighted by molar-refractivity contribution is 5.56. The molecule has 4 rings (SSSR count). The van der Waals surface area contributed by atoms with Gasteiger partial charge in [-0.1, -0.05) is 30.3 Å². The van der Waals surface area contributed by atoms with Gasteiger partial charge in [-0.15, -0.1) is 0 Å². The number of rotatable bonds is 5. The molecule has 1 aliphatic rings. The number of nitrogens with one attached hydrogen (secondary N) is 1. The Hall–Kier alpha value is -2.95. The van der Waals surface area contributed by atoms with Gasteiger partial charge in [0.15, 0.2) is 0 Å². The number of nitrogens with zero attached hydrogens (tertiary/aromatic N) is 3. The van der Waals surface area contributed by atoms with Gasteiger partial charge in [-0.25, -0.2) is 9.97 Å². The number of hydrogen-bond donors (Lipinski definition) is 1. The second-order valence-corrected chi connectivity index (χ2v) is 7.53. The molecule has 1 aliphatic carbocycles. The molecule has 0 radical (unpaired) electrons. The van der Waals surface area contributed by atoms with Crippen molar-refractivity contribution in [3.05, 3.63) is 75.8 Å². The topological polar surface area (TPSA) is 61.9 Å². The van der Waals surface area contributed by atoms with Crippen LogP contribution in [0.3, 0.4) is 0 Å². The summed E-state index contributed by atoms with van der Waals surface area (Å²) in [4.78, 5) is 26.1. The standard InChI is InChI=1S/C22H24N4O/c1-15-16(2)24-20(25-21(15)27)17-9-10-19(23-13-17)26(3)14-22(11-12-22)18-7-5-4-6-8-18/h4-10,13H,11-12,14H2,1-3H3,(H,24,25,27). The predicted octanol–water partition coefficient (Wildman–Crippen LogP) is 3.62. The fraction of sp³-hybridized carbons (Fsp3) is 0.318. The number of H-pyrrole nitrogens is 1. The van der Waals surface area contributed by atoms with Crippen molar-refractivity contribution in [2.75, 3.05) is 18.5 Å². The Morgan fingerprint density at radius 2 is 1.85 bits per heavy atom. The third-order valence-corrected chi connectivity index (χ3v) is 5.59. The van der Waals surface area contributed by atoms with Crippen molar-refractivity contribution in [3.63, 3.8) is 0 Å². The number of aryl methyl sites for hydroxylation is 1. The fourth-order valence-electron chi connectivity index (χ4n) is 3.55. The van der Waals surface area contributed by atoms with Crippen LogP contribution >= 0.6 is 0 Å². The first kappa shape index (κ1) is 17.5. The zero-order chi connectivity index (χ0) is 19.0. The SMILES string of the molecule is Cc1nc(-c2ccc(N(C)CC3(c4ccccc4)CC3)nc2)[nH]c(=O)c1C. The second-order valence-electron chi connectivity index (χ2n) is 7.53. The van der Waals surface area contributed by atoms with Crippen LogP contribution < -0.4 is 10.5 Å². The second kappa shape index (κ2) is 6.65. The maximum Gasteiger partial charge on any atom is 0.254 e. The molecular weight excluding hydrogens is 336 g/mol. The monoisotopic (exact) mass is 360 g/mol. The smallest absolute Gasteiger partial charge is 0.254 e. The van der Waals surface area contributed by atoms with Crippen molar-refractivity contribution in [2.45, 2.75) is 32.1 Å². The summed E-state index contributed by atoms with van der Waals surface area (Å²) in [7, 11) is 2.08. The van der Waals surface area contributed by atoms with Crippen LogP contribution in [-0.2, 0) is 5.41 Å². The van der Waals surface area contributed by atoms with Crippen LogP contribution in [0, 0.1) is 13.8 Å². The largest absolute Gasteiger partial charge is 0.359 e. The molecule has 5 nitrogen and oxygen atoms in total. The molecule has 0 unspecified atom stereocenters. The summed E-state index contributed by atoms with van der Waals surface area (Å²) in [5.74, 6) is 1.49. The molecule has 1 fully saturated rings. The van der Waals surface area contributed by atoms with Crippen LogP contribution in [0.2, 0.25) is 0 Å². The molecule has 0 saturated heterocycles. The van der Waals surface area contributed by atoms with Gasteiger partial charge in [-0.2, -0.15) is 0 Å². The summed E-state index contributed by atoms with van der Waals surface area (Å²) in [6.45, 7) is 4.58. The van der Waals surface area contributed by atoms with E-state index in [2.05, 4.69) is 57.2 Å². The molecule has 27 heavy (non-hydrogen) atoms. The lowest BCUT2D eigenvalue weighted by molar-refractivity contribution is 0.669. The summed E-state index contributed by atoms with van der Waals surface area (Å²) < 4.78 is 0. The van der Waals surface area contributed by atoms with Crippen LogP contribution in [0.15, 0.2) is 53.5 Å². The van der Waals surface area contributed by atoms with Gasteiger partial charge in [0.25, 0.3) is 5.56 Å². The first-order valence-corrected chi connectivity index (χ1v) is 9.29. The summed E-state index contributed by atoms with van der Waals surface area (Å²) in [6.07, 6.45) is 4.21. The minimum absolute atomic E-state index is 0.0998. The molecule has 1 N–H and O–H groups in total. The highest BCUT2D eigenvalue weighted by Crippen LogP contribution is 2.48. The molecule has 2 aromatic heterocycles. The van der Waals surface area contributed by atoms with Crippen LogP contribution in [0.25, 0.3) is 11.4 Å². The fourth-order valence-corrected chi connectivity index (χ4v) is 3.55. The molecule has 1 aromatic carbocycles. The van der Waals surface area contributed by atoms with Gasteiger partial charge in [0.05, 0.1) is 0 Å². The summed E-state index contributed by atoms with van der Waals surface area (Å²) in [6, 6.07) is 14.7. The van der Waals surface area contributed by atoms with Crippen molar-refractivity contribution >= 4 is 5.82 Å². The molecule has 1 saturated carbocycles. The van der Waals surface area contributed by atoms with E-state index in [0.717, 1.165) is 23.6 Å². The normalized spacial score (nSPS) is 14.8. The van der Waals surface area contributed by atoms with E-state index in [1.54, 1.807) is 13.1 Å². The van der Waals surface area contributed by atoms with E-state index in [9.17, 15) is 4.79 Å². The lowest BCUT2D eigenvalue weighted by atomic mass is 9.95. The highest BCUT2D eigenvalue weighted by Gasteiger charge is 2.45. The number of pyridine rings is 1. The first-order valence-electron chi connectivity index (χ1n) is 9.29. The van der Waals surface area contributed by atoms with Crippen LogP contribution in [-0.4, -0.2) is 28.5 Å². The van der Waals surface area contributed by atoms with Gasteiger partial charge in [-0.3, -0.25) is 4.79 Å². The Balaban J connectivity index is 1.53. The third kappa shape index (κ3) is 3.37. The van der Waals surface area contributed by atoms with Crippen molar-refractivity contribution < 1.29 is 0 Å². The molecule has 0 amide bonds. The van der Waals surface area contributed by atoms with Crippen LogP contribution in [0.4, 0.5) is 5.82 Å². The minimum Gasteiger partial charge on any atom is -0.359 e. The number of benzene rings is 1. The Morgan fingerprint density at radius 1 is 1.11 bits per heavy atom. The van der Waals surface area contributed by atoms with E-state index in [-0.39, 0.29) is 11.0 Å². The van der Waals surface area contributed by atoms with E-state index in [1.165, 1.54) is 18.4 Å². The van der Waals surface area contributed by atoms with Gasteiger partial charge in [-0.05, 0) is 44.4 Å². The molecule has 3 aromatic rings. The van der Waals surface area contributed by atoms with Crippen molar-refractivity contribution in [3.8, 4) is 11.4 Å². The molecule has 0 atom stereocenters. The molecule has 0 bridgehead atoms. The van der Waals surface area contributed by atoms with Gasteiger partial charge in [0, 0.05) is 42.0 Å². The maximum absolute atomic E-state index is 12.0. The number of aromatic amines is 1. The molecule has 2 heterocycles. The highest BCUT2D eigenvalue weighted by atomic mass is 16.1. The van der Waals surface area contributed by atoms with Crippen LogP contribution in [0.5, 0.6) is 0 Å². The van der Waals surface area contributed by atoms with Gasteiger partial charge < -0.3 is 9.88 Å². The lowest BCUT2D eigenvalue weighted by Gasteiger charge is -2.25. The van der Waals surface area contributed by atoms with Crippen molar-refractivity contribution in [1.29, 1.82) is 0 Å². The summed E-state index contributed by atoms with van der Waals surface area (Å²) >= 11 is 0. The zero-order valence-corrected chi connectivity index (χ0v) is 16.0. The molecule has 0 aliphatic heterocycles. The Labute approximate surface area is 159 Å². The number of aromatic nitrogens is 3. The number of anilines is 1. The first-order chi connectivity index (χ1) is 13.0. The summed E-state index contributed by atoms with van der Waals surface area (Å²) in [5, 5.41) is 0. The van der Waals surface area contributed by atoms with Crippen molar-refractivity contribution in [1.82, 2.24) is 15.0 Å². The molecule has 138 valence electrons. The molecular formula is C22H24N4O. The maximum atomic E-state index is 12.0. The zero-order valence-electron chi connectivity index (χ0n) is 16.0. The van der Waals surface area contributed by atoms with E-state index in [4.69, 9.17) is 0 Å². The Morgan fingerprint density at radius 3 is 2.44 bits per heavy atom. The third-order valence-electron chi connectivity index (χ3n) is 5.59. The van der Waals surface area contributed by atoms with E-state index in [1.807, 2.05) is 19.1 Å². The Bertz CT molecular complexity index is 1000. The van der Waals surface area contributed by atoms with E-state index >= 15 is 0 Å². The minimum atomic E-state index is -0.0998. The average Bonchev–Trinajstić information content (AvgIpc) is 3.47. The van der Waals surface area contributed by atoms with E-state index < -0.39 is 0 Å². The number of hydrogen-bond acceptors (Lipinski definition) is 4. The van der Waals surface area contributed by atoms with Gasteiger partial charge >= 0.3 is 0 Å². The summed E-state index contributed by atoms with van der Waals surface area (Å²) in [5.41, 5.74) is 3.77. The average molecular weight is 360 g/mol.